The minimum Gasteiger partial charge on any atom is -0.448 e. The Hall–Kier alpha value is -0.466. The van der Waals surface area contributed by atoms with Gasteiger partial charge in [0.2, 0.25) is 0 Å². The summed E-state index contributed by atoms with van der Waals surface area (Å²) in [5.74, 6) is 0. The van der Waals surface area contributed by atoms with Gasteiger partial charge in [-0.15, -0.1) is 5.69 Å². The Balaban J connectivity index is 0.000000811. The summed E-state index contributed by atoms with van der Waals surface area (Å²) in [6.45, 7) is 8.93. The summed E-state index contributed by atoms with van der Waals surface area (Å²) in [6.07, 6.45) is 2.99. The summed E-state index contributed by atoms with van der Waals surface area (Å²) in [6, 6.07) is 10.4. The van der Waals surface area contributed by atoms with E-state index in [0.29, 0.717) is 0 Å². The third-order valence-corrected chi connectivity index (χ3v) is 2.45. The molecule has 1 aromatic heterocycles. The van der Waals surface area contributed by atoms with Crippen molar-refractivity contribution in [2.45, 2.75) is 34.2 Å². The van der Waals surface area contributed by atoms with E-state index in [0.717, 1.165) is 12.2 Å². The molecule has 1 radical (unpaired) electrons. The third-order valence-electron chi connectivity index (χ3n) is 2.45. The average Bonchev–Trinajstić information content (AvgIpc) is 2.65. The van der Waals surface area contributed by atoms with Gasteiger partial charge in [-0.25, -0.2) is 0 Å². The van der Waals surface area contributed by atoms with Gasteiger partial charge in [0.05, 0.1) is 0 Å². The summed E-state index contributed by atoms with van der Waals surface area (Å²) in [4.78, 5) is 4.15. The zero-order valence-electron chi connectivity index (χ0n) is 11.1. The van der Waals surface area contributed by atoms with E-state index in [9.17, 15) is 0 Å². The first-order valence-corrected chi connectivity index (χ1v) is 5.72. The van der Waals surface area contributed by atoms with Crippen molar-refractivity contribution in [3.05, 3.63) is 53.6 Å². The molecule has 1 aromatic carbocycles. The molecule has 0 spiro atoms. The minimum absolute atomic E-state index is 0. The van der Waals surface area contributed by atoms with Crippen molar-refractivity contribution in [3.8, 4) is 0 Å². The fraction of sp³-hybridized carbons (Fsp3) is 0.357. The predicted molar refractivity (Wildman–Crippen MR) is 67.4 cm³/mol. The van der Waals surface area contributed by atoms with E-state index < -0.39 is 0 Å². The molecule has 2 nitrogen and oxygen atoms in total. The maximum Gasteiger partial charge on any atom is 0.0249 e. The molecule has 17 heavy (non-hydrogen) atoms. The van der Waals surface area contributed by atoms with E-state index in [4.69, 9.17) is 0 Å². The van der Waals surface area contributed by atoms with E-state index in [1.807, 2.05) is 31.4 Å². The van der Waals surface area contributed by atoms with Crippen LogP contribution in [0.1, 0.15) is 30.8 Å². The first-order chi connectivity index (χ1) is 7.77. The van der Waals surface area contributed by atoms with Crippen LogP contribution in [0.25, 0.3) is 0 Å². The van der Waals surface area contributed by atoms with Gasteiger partial charge in [0, 0.05) is 45.6 Å². The van der Waals surface area contributed by atoms with Crippen molar-refractivity contribution in [1.82, 2.24) is 9.55 Å². The van der Waals surface area contributed by atoms with E-state index in [1.165, 1.54) is 11.3 Å². The van der Waals surface area contributed by atoms with Crippen LogP contribution in [0.4, 0.5) is 0 Å². The number of imidazole rings is 1. The fourth-order valence-corrected chi connectivity index (χ4v) is 1.41. The van der Waals surface area contributed by atoms with Gasteiger partial charge in [0.15, 0.2) is 0 Å². The summed E-state index contributed by atoms with van der Waals surface area (Å²) < 4.78 is 2.05. The van der Waals surface area contributed by atoms with Gasteiger partial charge in [0.1, 0.15) is 0 Å². The molecule has 0 aliphatic heterocycles. The topological polar surface area (TPSA) is 17.8 Å². The summed E-state index contributed by atoms with van der Waals surface area (Å²) in [7, 11) is 0. The van der Waals surface area contributed by atoms with Gasteiger partial charge in [-0.2, -0.15) is 0 Å². The summed E-state index contributed by atoms with van der Waals surface area (Å²) in [5.41, 5.74) is 3.53. The molecule has 2 rings (SSSR count). The van der Waals surface area contributed by atoms with Gasteiger partial charge in [-0.1, -0.05) is 63.7 Å². The van der Waals surface area contributed by atoms with Gasteiger partial charge in [0.25, 0.3) is 0 Å². The molecule has 0 amide bonds. The Morgan fingerprint density at radius 1 is 1.12 bits per heavy atom. The first kappa shape index (κ1) is 16.5. The molecule has 1 heterocycles. The SMILES string of the molecule is CC.Cc1n[c-]n(Cc2ccccc2)c1C.[Y]. The second-order valence-corrected chi connectivity index (χ2v) is 3.45. The number of hydrogen-bond donors (Lipinski definition) is 0. The van der Waals surface area contributed by atoms with Gasteiger partial charge >= 0.3 is 0 Å². The normalized spacial score (nSPS) is 8.94. The smallest absolute Gasteiger partial charge is 0.0249 e. The molecule has 0 aliphatic rings. The Bertz CT molecular complexity index is 421. The van der Waals surface area contributed by atoms with Crippen molar-refractivity contribution in [2.75, 3.05) is 0 Å². The molecule has 2 aromatic rings. The third kappa shape index (κ3) is 4.73. The van der Waals surface area contributed by atoms with E-state index in [1.54, 1.807) is 0 Å². The van der Waals surface area contributed by atoms with Gasteiger partial charge in [-0.05, 0) is 5.56 Å². The molecule has 0 N–H and O–H groups in total. The molecule has 0 atom stereocenters. The van der Waals surface area contributed by atoms with Crippen LogP contribution in [0.3, 0.4) is 0 Å². The number of aromatic nitrogens is 2. The van der Waals surface area contributed by atoms with Crippen LogP contribution in [0.15, 0.2) is 30.3 Å². The number of benzene rings is 1. The van der Waals surface area contributed by atoms with Crippen molar-refractivity contribution in [3.63, 3.8) is 0 Å². The predicted octanol–water partition coefficient (Wildman–Crippen LogP) is 3.37. The van der Waals surface area contributed by atoms with Crippen molar-refractivity contribution in [1.29, 1.82) is 0 Å². The van der Waals surface area contributed by atoms with E-state index in [2.05, 4.69) is 42.5 Å². The molecular weight excluding hydrogens is 285 g/mol. The fourth-order valence-electron chi connectivity index (χ4n) is 1.41. The van der Waals surface area contributed by atoms with E-state index in [-0.39, 0.29) is 32.7 Å². The van der Waals surface area contributed by atoms with Crippen LogP contribution in [0.2, 0.25) is 0 Å². The molecule has 0 aliphatic carbocycles. The monoisotopic (exact) mass is 304 g/mol. The molecular formula is C14H19N2Y-. The van der Waals surface area contributed by atoms with E-state index >= 15 is 0 Å². The largest absolute Gasteiger partial charge is 0.448 e. The van der Waals surface area contributed by atoms with Crippen LogP contribution >= 0.6 is 0 Å². The van der Waals surface area contributed by atoms with Crippen molar-refractivity contribution >= 4 is 0 Å². The van der Waals surface area contributed by atoms with Crippen LogP contribution in [0, 0.1) is 20.2 Å². The molecule has 0 bridgehead atoms. The Morgan fingerprint density at radius 2 is 1.71 bits per heavy atom. The average molecular weight is 304 g/mol. The standard InChI is InChI=1S/C12H13N2.C2H6.Y/c1-10-11(2)14(9-13-10)8-12-6-4-3-5-7-12;1-2;/h3-7H,8H2,1-2H3;1-2H3;/q-1;;. The second-order valence-electron chi connectivity index (χ2n) is 3.45. The summed E-state index contributed by atoms with van der Waals surface area (Å²) in [5, 5.41) is 0. The zero-order chi connectivity index (χ0) is 12.0. The van der Waals surface area contributed by atoms with Crippen LogP contribution in [0.5, 0.6) is 0 Å². The quantitative estimate of drug-likeness (QED) is 0.778. The van der Waals surface area contributed by atoms with Crippen LogP contribution < -0.4 is 0 Å². The Kier molecular flexibility index (Phi) is 8.36. The molecule has 0 fully saturated rings. The Morgan fingerprint density at radius 3 is 2.18 bits per heavy atom. The number of rotatable bonds is 2. The zero-order valence-corrected chi connectivity index (χ0v) is 13.9. The molecule has 0 unspecified atom stereocenters. The molecule has 3 heteroatoms. The number of aryl methyl sites for hydroxylation is 1. The molecule has 0 saturated carbocycles. The van der Waals surface area contributed by atoms with Gasteiger partial charge in [-0.3, -0.25) is 0 Å². The minimum atomic E-state index is 0. The second kappa shape index (κ2) is 8.60. The van der Waals surface area contributed by atoms with Crippen LogP contribution in [-0.4, -0.2) is 9.55 Å². The number of nitrogens with zero attached hydrogens (tertiary/aromatic N) is 2. The van der Waals surface area contributed by atoms with Crippen LogP contribution in [-0.2, 0) is 39.3 Å². The summed E-state index contributed by atoms with van der Waals surface area (Å²) >= 11 is 0. The van der Waals surface area contributed by atoms with Crippen molar-refractivity contribution in [2.24, 2.45) is 0 Å². The molecule has 89 valence electrons. The first-order valence-electron chi connectivity index (χ1n) is 5.72. The van der Waals surface area contributed by atoms with Gasteiger partial charge < -0.3 is 9.55 Å². The maximum absolute atomic E-state index is 4.15. The number of hydrogen-bond acceptors (Lipinski definition) is 1. The van der Waals surface area contributed by atoms with Crippen molar-refractivity contribution < 1.29 is 32.7 Å². The maximum atomic E-state index is 4.15. The molecule has 0 saturated heterocycles. The Labute approximate surface area is 129 Å².